The summed E-state index contributed by atoms with van der Waals surface area (Å²) in [4.78, 5) is 42.1. The summed E-state index contributed by atoms with van der Waals surface area (Å²) in [5, 5.41) is 0.700. The lowest BCUT2D eigenvalue weighted by atomic mass is 10.0. The summed E-state index contributed by atoms with van der Waals surface area (Å²) in [6, 6.07) is 60.6. The second kappa shape index (κ2) is 32.7. The first-order valence-corrected chi connectivity index (χ1v) is 25.0. The minimum Gasteiger partial charge on any atom is -0.497 e. The van der Waals surface area contributed by atoms with Crippen molar-refractivity contribution in [3.63, 3.8) is 0 Å². The summed E-state index contributed by atoms with van der Waals surface area (Å²) in [5.74, 6) is 25.5. The molecule has 0 N–H and O–H groups in total. The quantitative estimate of drug-likeness (QED) is 0.0733. The van der Waals surface area contributed by atoms with Crippen LogP contribution in [0.4, 0.5) is 0 Å². The number of aryl methyl sites for hydroxylation is 2. The summed E-state index contributed by atoms with van der Waals surface area (Å²) in [6.07, 6.45) is 10.7. The van der Waals surface area contributed by atoms with Gasteiger partial charge in [0.15, 0.2) is 0 Å². The molecule has 0 aliphatic rings. The van der Waals surface area contributed by atoms with Gasteiger partial charge in [0.05, 0.1) is 7.11 Å². The third-order valence-corrected chi connectivity index (χ3v) is 11.4. The molecule has 0 aromatic heterocycles. The van der Waals surface area contributed by atoms with Crippen LogP contribution in [-0.2, 0) is 12.8 Å². The van der Waals surface area contributed by atoms with Gasteiger partial charge in [-0.3, -0.25) is 19.2 Å². The Hall–Kier alpha value is -9.23. The number of ether oxygens (including phenoxy) is 1. The molecule has 5 nitrogen and oxygen atoms in total. The maximum Gasteiger partial charge on any atom is 0.150 e. The van der Waals surface area contributed by atoms with E-state index in [9.17, 15) is 19.2 Å². The number of carbonyl (C=O) groups excluding carboxylic acids is 4. The van der Waals surface area contributed by atoms with Gasteiger partial charge in [-0.25, -0.2) is 0 Å². The molecule has 0 atom stereocenters. The van der Waals surface area contributed by atoms with Crippen molar-refractivity contribution < 1.29 is 23.9 Å². The summed E-state index contributed by atoms with van der Waals surface area (Å²) in [5.41, 5.74) is 12.8. The number of halogens is 1. The van der Waals surface area contributed by atoms with Gasteiger partial charge in [0.1, 0.15) is 30.9 Å². The first-order chi connectivity index (χ1) is 36.7. The average Bonchev–Trinajstić information content (AvgIpc) is 3.48. The molecular formula is C69H57ClO5. The van der Waals surface area contributed by atoms with Crippen LogP contribution in [0.25, 0.3) is 0 Å². The maximum atomic E-state index is 10.6. The van der Waals surface area contributed by atoms with Crippen LogP contribution in [0.2, 0.25) is 5.02 Å². The van der Waals surface area contributed by atoms with E-state index in [0.29, 0.717) is 27.3 Å². The highest BCUT2D eigenvalue weighted by molar-refractivity contribution is 6.30. The molecule has 0 saturated carbocycles. The highest BCUT2D eigenvalue weighted by Crippen LogP contribution is 2.13. The highest BCUT2D eigenvalue weighted by Gasteiger charge is 1.97. The monoisotopic (exact) mass is 1000 g/mol. The van der Waals surface area contributed by atoms with E-state index >= 15 is 0 Å². The second-order valence-electron chi connectivity index (χ2n) is 16.8. The summed E-state index contributed by atoms with van der Waals surface area (Å²) in [6.45, 7) is 4.37. The van der Waals surface area contributed by atoms with Crippen LogP contribution in [-0.4, -0.2) is 32.3 Å². The van der Waals surface area contributed by atoms with Crippen molar-refractivity contribution >= 4 is 36.7 Å². The predicted octanol–water partition coefficient (Wildman–Crippen LogP) is 14.9. The summed E-state index contributed by atoms with van der Waals surface area (Å²) in [7, 11) is 1.63. The van der Waals surface area contributed by atoms with Crippen molar-refractivity contribution in [3.8, 4) is 53.1 Å². The number of carbonyl (C=O) groups is 4. The molecule has 6 heteroatoms. The summed E-state index contributed by atoms with van der Waals surface area (Å²) < 4.78 is 5.08. The molecule has 0 saturated heterocycles. The van der Waals surface area contributed by atoms with E-state index in [0.717, 1.165) is 88.2 Å². The molecule has 0 aliphatic heterocycles. The lowest BCUT2D eigenvalue weighted by Gasteiger charge is -2.01. The van der Waals surface area contributed by atoms with Crippen LogP contribution >= 0.6 is 11.6 Å². The standard InChI is InChI=1S/C21H22O.C17H14O.C16H12O2.C15H9ClO/c1-2-3-4-5-6-18-7-9-19(10-8-18)11-12-20-13-15-21(17-22)16-14-20;1-2-14-3-5-15(6-4-14)7-8-16-9-11-17(13-18)12-10-16;1-18-16-10-8-14(9-11-16)3-2-13-4-6-15(12-17)7-5-13;16-15-9-7-13(8-10-15)2-1-12-3-5-14(11-17)6-4-12/h7-10,13-17H,2-6H2,1H3;3-6,9-13H,2H2,1H3;4-12H,1H3;3-11H. The fourth-order valence-electron chi connectivity index (χ4n) is 6.70. The van der Waals surface area contributed by atoms with Crippen molar-refractivity contribution in [1.29, 1.82) is 0 Å². The number of benzene rings is 8. The van der Waals surface area contributed by atoms with E-state index in [1.54, 1.807) is 67.8 Å². The van der Waals surface area contributed by atoms with Gasteiger partial charge >= 0.3 is 0 Å². The predicted molar refractivity (Wildman–Crippen MR) is 306 cm³/mol. The largest absolute Gasteiger partial charge is 0.497 e. The fraction of sp³-hybridized carbons (Fsp3) is 0.130. The van der Waals surface area contributed by atoms with Gasteiger partial charge in [-0.2, -0.15) is 0 Å². The zero-order valence-electron chi connectivity index (χ0n) is 42.4. The van der Waals surface area contributed by atoms with Crippen molar-refractivity contribution in [1.82, 2.24) is 0 Å². The maximum absolute atomic E-state index is 10.6. The van der Waals surface area contributed by atoms with Crippen molar-refractivity contribution in [2.45, 2.75) is 52.4 Å². The van der Waals surface area contributed by atoms with Gasteiger partial charge in [-0.15, -0.1) is 0 Å². The normalized spacial score (nSPS) is 9.44. The van der Waals surface area contributed by atoms with Gasteiger partial charge in [0.25, 0.3) is 0 Å². The molecule has 0 radical (unpaired) electrons. The third-order valence-electron chi connectivity index (χ3n) is 11.2. The Morgan fingerprint density at radius 2 is 0.613 bits per heavy atom. The molecule has 0 unspecified atom stereocenters. The Kier molecular flexibility index (Phi) is 24.7. The van der Waals surface area contributed by atoms with Crippen molar-refractivity contribution in [3.05, 3.63) is 277 Å². The van der Waals surface area contributed by atoms with E-state index in [-0.39, 0.29) is 0 Å². The number of aldehydes is 4. The molecule has 0 aliphatic carbocycles. The van der Waals surface area contributed by atoms with Crippen LogP contribution in [0.15, 0.2) is 194 Å². The molecule has 0 heterocycles. The van der Waals surface area contributed by atoms with Crippen LogP contribution in [0.3, 0.4) is 0 Å². The molecular weight excluding hydrogens is 944 g/mol. The van der Waals surface area contributed by atoms with Gasteiger partial charge in [-0.05, 0) is 152 Å². The third kappa shape index (κ3) is 21.6. The Morgan fingerprint density at radius 1 is 0.347 bits per heavy atom. The Balaban J connectivity index is 0.000000186. The highest BCUT2D eigenvalue weighted by atomic mass is 35.5. The number of hydrogen-bond donors (Lipinski definition) is 0. The molecule has 0 spiro atoms. The van der Waals surface area contributed by atoms with E-state index in [2.05, 4.69) is 97.6 Å². The van der Waals surface area contributed by atoms with Crippen molar-refractivity contribution in [2.24, 2.45) is 0 Å². The van der Waals surface area contributed by atoms with Gasteiger partial charge < -0.3 is 4.74 Å². The van der Waals surface area contributed by atoms with Crippen molar-refractivity contribution in [2.75, 3.05) is 7.11 Å². The van der Waals surface area contributed by atoms with Gasteiger partial charge in [0.2, 0.25) is 0 Å². The minimum absolute atomic E-state index is 0.655. The van der Waals surface area contributed by atoms with Gasteiger partial charge in [0, 0.05) is 71.8 Å². The number of unbranched alkanes of at least 4 members (excludes halogenated alkanes) is 3. The summed E-state index contributed by atoms with van der Waals surface area (Å²) >= 11 is 5.78. The fourth-order valence-corrected chi connectivity index (χ4v) is 6.83. The Labute approximate surface area is 448 Å². The molecule has 8 rings (SSSR count). The van der Waals surface area contributed by atoms with E-state index in [4.69, 9.17) is 16.3 Å². The number of hydrogen-bond acceptors (Lipinski definition) is 5. The van der Waals surface area contributed by atoms with Crippen LogP contribution in [0, 0.1) is 47.4 Å². The lowest BCUT2D eigenvalue weighted by Crippen LogP contribution is -1.86. The first-order valence-electron chi connectivity index (χ1n) is 24.6. The molecule has 0 fully saturated rings. The van der Waals surface area contributed by atoms with Crippen LogP contribution < -0.4 is 4.74 Å². The average molecular weight is 1000 g/mol. The van der Waals surface area contributed by atoms with E-state index in [1.807, 2.05) is 97.1 Å². The topological polar surface area (TPSA) is 77.5 Å². The molecule has 0 amide bonds. The molecule has 8 aromatic carbocycles. The zero-order chi connectivity index (χ0) is 53.3. The number of rotatable bonds is 11. The molecule has 0 bridgehead atoms. The molecule has 370 valence electrons. The van der Waals surface area contributed by atoms with E-state index in [1.165, 1.54) is 36.8 Å². The number of methoxy groups -OCH3 is 1. The van der Waals surface area contributed by atoms with Crippen LogP contribution in [0.1, 0.15) is 137 Å². The molecule has 8 aromatic rings. The lowest BCUT2D eigenvalue weighted by molar-refractivity contribution is 0.111. The minimum atomic E-state index is 0.655. The SMILES string of the molecule is CCCCCCc1ccc(C#Cc2ccc(C=O)cc2)cc1.CCc1ccc(C#Cc2ccc(C=O)cc2)cc1.COc1ccc(C#Cc2ccc(C=O)cc2)cc1.O=Cc1ccc(C#Cc2ccc(Cl)cc2)cc1. The first kappa shape index (κ1) is 56.7. The van der Waals surface area contributed by atoms with Gasteiger partial charge in [-0.1, -0.05) is 165 Å². The van der Waals surface area contributed by atoms with Crippen LogP contribution in [0.5, 0.6) is 5.75 Å². The molecule has 75 heavy (non-hydrogen) atoms. The van der Waals surface area contributed by atoms with E-state index < -0.39 is 0 Å². The zero-order valence-corrected chi connectivity index (χ0v) is 43.2. The Morgan fingerprint density at radius 3 is 0.880 bits per heavy atom. The Bertz CT molecular complexity index is 3180. The second-order valence-corrected chi connectivity index (χ2v) is 17.2. The smallest absolute Gasteiger partial charge is 0.150 e.